The lowest BCUT2D eigenvalue weighted by molar-refractivity contribution is 1.18. The number of hydrogen-bond donors (Lipinski definition) is 0. The number of benzene rings is 14. The lowest BCUT2D eigenvalue weighted by Crippen LogP contribution is -1.97. The topological polar surface area (TPSA) is 9.86 Å². The third-order valence-corrected chi connectivity index (χ3v) is 17.4. The highest BCUT2D eigenvalue weighted by atomic mass is 15.0. The molecule has 0 saturated carbocycles. The first-order valence-electron chi connectivity index (χ1n) is 29.6. The van der Waals surface area contributed by atoms with Gasteiger partial charge in [-0.2, -0.15) is 0 Å². The minimum Gasteiger partial charge on any atom is -0.309 e. The van der Waals surface area contributed by atoms with Crippen molar-refractivity contribution in [3.05, 3.63) is 340 Å². The van der Waals surface area contributed by atoms with Gasteiger partial charge in [-0.1, -0.05) is 273 Å². The van der Waals surface area contributed by atoms with Crippen molar-refractivity contribution >= 4 is 43.6 Å². The van der Waals surface area contributed by atoms with Crippen molar-refractivity contribution in [3.63, 3.8) is 0 Å². The summed E-state index contributed by atoms with van der Waals surface area (Å²) in [5, 5.41) is 4.94. The summed E-state index contributed by atoms with van der Waals surface area (Å²) in [5.41, 5.74) is 28.7. The van der Waals surface area contributed by atoms with Crippen molar-refractivity contribution in [1.82, 2.24) is 9.13 Å². The van der Waals surface area contributed by atoms with Crippen LogP contribution in [0.5, 0.6) is 0 Å². The summed E-state index contributed by atoms with van der Waals surface area (Å²) in [6.07, 6.45) is 0. The van der Waals surface area contributed by atoms with E-state index in [1.165, 1.54) is 144 Å². The van der Waals surface area contributed by atoms with Gasteiger partial charge in [-0.3, -0.25) is 0 Å². The molecule has 0 N–H and O–H groups in total. The van der Waals surface area contributed by atoms with Gasteiger partial charge in [-0.25, -0.2) is 0 Å². The predicted molar refractivity (Wildman–Crippen MR) is 364 cm³/mol. The first-order valence-corrected chi connectivity index (χ1v) is 29.6. The van der Waals surface area contributed by atoms with Crippen LogP contribution >= 0.6 is 0 Å². The van der Waals surface area contributed by atoms with Gasteiger partial charge in [0.05, 0.1) is 27.8 Å². The third kappa shape index (κ3) is 9.09. The van der Waals surface area contributed by atoms with E-state index in [0.717, 1.165) is 11.4 Å². The molecule has 0 spiro atoms. The number of rotatable bonds is 11. The van der Waals surface area contributed by atoms with E-state index in [-0.39, 0.29) is 0 Å². The van der Waals surface area contributed by atoms with Crippen LogP contribution < -0.4 is 0 Å². The van der Waals surface area contributed by atoms with E-state index in [1.54, 1.807) is 0 Å². The smallest absolute Gasteiger partial charge is 0.0541 e. The molecule has 0 atom stereocenters. The lowest BCUT2D eigenvalue weighted by atomic mass is 9.92. The van der Waals surface area contributed by atoms with Crippen molar-refractivity contribution in [2.24, 2.45) is 0 Å². The van der Waals surface area contributed by atoms with Crippen LogP contribution in [0.3, 0.4) is 0 Å². The molecule has 16 aromatic rings. The molecule has 0 fully saturated rings. The van der Waals surface area contributed by atoms with Crippen molar-refractivity contribution in [2.45, 2.75) is 0 Å². The zero-order valence-corrected chi connectivity index (χ0v) is 47.2. The molecule has 86 heavy (non-hydrogen) atoms. The number of aromatic nitrogens is 2. The van der Waals surface area contributed by atoms with Gasteiger partial charge in [0.15, 0.2) is 0 Å². The molecule has 0 bridgehead atoms. The second kappa shape index (κ2) is 21.5. The van der Waals surface area contributed by atoms with E-state index in [2.05, 4.69) is 349 Å². The normalized spacial score (nSPS) is 11.5. The zero-order valence-electron chi connectivity index (χ0n) is 47.2. The molecule has 2 aromatic heterocycles. The lowest BCUT2D eigenvalue weighted by Gasteiger charge is -2.15. The van der Waals surface area contributed by atoms with Gasteiger partial charge >= 0.3 is 0 Å². The standard InChI is InChI=1S/C84H56N2/c1-3-18-57(19-4-1)69-26-17-27-72(54-69)85-81-34-13-10-31-76(81)78-55-70(48-50-83(78)85)71-49-51-84-79(56-71)77-32-11-14-35-82(77)86(84)80-33-12-9-30-75(80)64-46-40-59(41-47-64)58-36-38-60(39-37-58)65-22-15-24-67(52-65)68-25-16-23-66(53-68)61-42-44-63(45-43-61)74-29-8-7-28-73(74)62-20-5-2-6-21-62/h1-56H. The molecule has 2 heterocycles. The minimum absolute atomic E-state index is 1.15. The Morgan fingerprint density at radius 1 is 0.151 bits per heavy atom. The maximum atomic E-state index is 2.45. The second-order valence-corrected chi connectivity index (χ2v) is 22.4. The van der Waals surface area contributed by atoms with E-state index in [1.807, 2.05) is 0 Å². The Balaban J connectivity index is 0.662. The molecular formula is C84H56N2. The molecule has 16 rings (SSSR count). The van der Waals surface area contributed by atoms with E-state index < -0.39 is 0 Å². The van der Waals surface area contributed by atoms with Crippen LogP contribution in [-0.4, -0.2) is 9.13 Å². The van der Waals surface area contributed by atoms with Crippen LogP contribution in [-0.2, 0) is 0 Å². The molecule has 0 radical (unpaired) electrons. The first kappa shape index (κ1) is 50.4. The van der Waals surface area contributed by atoms with Gasteiger partial charge in [0, 0.05) is 32.8 Å². The average Bonchev–Trinajstić information content (AvgIpc) is 2.21. The maximum absolute atomic E-state index is 2.45. The molecule has 0 saturated heterocycles. The van der Waals surface area contributed by atoms with Gasteiger partial charge in [-0.15, -0.1) is 0 Å². The summed E-state index contributed by atoms with van der Waals surface area (Å²) in [6, 6.07) is 124. The number of hydrogen-bond acceptors (Lipinski definition) is 0. The summed E-state index contributed by atoms with van der Waals surface area (Å²) in [7, 11) is 0. The number of para-hydroxylation sites is 3. The van der Waals surface area contributed by atoms with E-state index >= 15 is 0 Å². The van der Waals surface area contributed by atoms with Gasteiger partial charge in [-0.05, 0) is 161 Å². The van der Waals surface area contributed by atoms with Crippen LogP contribution in [0.1, 0.15) is 0 Å². The Morgan fingerprint density at radius 2 is 0.453 bits per heavy atom. The largest absolute Gasteiger partial charge is 0.309 e. The van der Waals surface area contributed by atoms with Crippen molar-refractivity contribution in [3.8, 4) is 112 Å². The van der Waals surface area contributed by atoms with Gasteiger partial charge < -0.3 is 9.13 Å². The SMILES string of the molecule is c1ccc(-c2cccc(-n3c4ccccc4c4cc(-c5ccc6c(c5)c5ccccc5n6-c5ccccc5-c5ccc(-c6ccc(-c7cccc(-c8cccc(-c9ccc(-c%10ccccc%10-c%10ccccc%10)cc9)c8)c7)cc6)cc5)ccc43)c2)cc1. The summed E-state index contributed by atoms with van der Waals surface area (Å²) < 4.78 is 4.87. The maximum Gasteiger partial charge on any atom is 0.0541 e. The third-order valence-electron chi connectivity index (χ3n) is 17.4. The molecule has 0 aliphatic carbocycles. The van der Waals surface area contributed by atoms with Crippen LogP contribution in [0.4, 0.5) is 0 Å². The minimum atomic E-state index is 1.15. The molecule has 402 valence electrons. The average molecular weight is 1090 g/mol. The van der Waals surface area contributed by atoms with Crippen LogP contribution in [0.15, 0.2) is 340 Å². The number of fused-ring (bicyclic) bond motifs is 6. The summed E-state index contributed by atoms with van der Waals surface area (Å²) in [6.45, 7) is 0. The summed E-state index contributed by atoms with van der Waals surface area (Å²) in [5.74, 6) is 0. The fraction of sp³-hybridized carbons (Fsp3) is 0. The van der Waals surface area contributed by atoms with E-state index in [0.29, 0.717) is 0 Å². The fourth-order valence-electron chi connectivity index (χ4n) is 13.1. The van der Waals surface area contributed by atoms with Crippen molar-refractivity contribution in [2.75, 3.05) is 0 Å². The number of nitrogens with zero attached hydrogens (tertiary/aromatic N) is 2. The van der Waals surface area contributed by atoms with E-state index in [9.17, 15) is 0 Å². The molecular weight excluding hydrogens is 1040 g/mol. The summed E-state index contributed by atoms with van der Waals surface area (Å²) in [4.78, 5) is 0. The highest BCUT2D eigenvalue weighted by Crippen LogP contribution is 2.42. The first-order chi connectivity index (χ1) is 42.6. The quantitative estimate of drug-likeness (QED) is 0.122. The Hall–Kier alpha value is -11.3. The molecule has 0 unspecified atom stereocenters. The van der Waals surface area contributed by atoms with Crippen molar-refractivity contribution in [1.29, 1.82) is 0 Å². The van der Waals surface area contributed by atoms with E-state index in [4.69, 9.17) is 0 Å². The monoisotopic (exact) mass is 1090 g/mol. The molecule has 0 amide bonds. The van der Waals surface area contributed by atoms with Crippen LogP contribution in [0, 0.1) is 0 Å². The Labute approximate surface area is 501 Å². The molecule has 2 nitrogen and oxygen atoms in total. The molecule has 0 aliphatic heterocycles. The van der Waals surface area contributed by atoms with Gasteiger partial charge in [0.25, 0.3) is 0 Å². The molecule has 14 aromatic carbocycles. The van der Waals surface area contributed by atoms with Gasteiger partial charge in [0.1, 0.15) is 0 Å². The van der Waals surface area contributed by atoms with Crippen LogP contribution in [0.25, 0.3) is 155 Å². The Morgan fingerprint density at radius 3 is 0.988 bits per heavy atom. The molecule has 2 heteroatoms. The highest BCUT2D eigenvalue weighted by molar-refractivity contribution is 6.13. The fourth-order valence-corrected chi connectivity index (χ4v) is 13.1. The van der Waals surface area contributed by atoms with Crippen molar-refractivity contribution < 1.29 is 0 Å². The van der Waals surface area contributed by atoms with Crippen LogP contribution in [0.2, 0.25) is 0 Å². The second-order valence-electron chi connectivity index (χ2n) is 22.4. The van der Waals surface area contributed by atoms with Gasteiger partial charge in [0.2, 0.25) is 0 Å². The summed E-state index contributed by atoms with van der Waals surface area (Å²) >= 11 is 0. The highest BCUT2D eigenvalue weighted by Gasteiger charge is 2.19. The molecule has 0 aliphatic rings. The Kier molecular flexibility index (Phi) is 12.6. The Bertz CT molecular complexity index is 5180. The zero-order chi connectivity index (χ0) is 56.9. The predicted octanol–water partition coefficient (Wildman–Crippen LogP) is 22.9.